The van der Waals surface area contributed by atoms with Gasteiger partial charge in [0.1, 0.15) is 0 Å². The fourth-order valence-corrected chi connectivity index (χ4v) is 3.27. The van der Waals surface area contributed by atoms with Crippen LogP contribution in [0.1, 0.15) is 26.7 Å². The van der Waals surface area contributed by atoms with Gasteiger partial charge in [-0.3, -0.25) is 0 Å². The molecule has 1 heterocycles. The summed E-state index contributed by atoms with van der Waals surface area (Å²) in [5, 5.41) is 23.2. The van der Waals surface area contributed by atoms with Gasteiger partial charge in [0.25, 0.3) is 0 Å². The fourth-order valence-electron chi connectivity index (χ4n) is 2.43. The average molecular weight is 373 g/mol. The van der Waals surface area contributed by atoms with Crippen LogP contribution in [0, 0.1) is 28.1 Å². The summed E-state index contributed by atoms with van der Waals surface area (Å²) in [7, 11) is 0. The number of rotatable bonds is 4. The number of allylic oxidation sites excluding steroid dienone is 4. The van der Waals surface area contributed by atoms with Crippen molar-refractivity contribution in [1.82, 2.24) is 5.32 Å². The highest BCUT2D eigenvalue weighted by atomic mass is 79.9. The lowest BCUT2D eigenvalue weighted by Gasteiger charge is -2.36. The molecule has 0 aromatic heterocycles. The van der Waals surface area contributed by atoms with Crippen LogP contribution in [0.15, 0.2) is 22.5 Å². The minimum Gasteiger partial charge on any atom is -0.359 e. The van der Waals surface area contributed by atoms with Crippen LogP contribution in [0.3, 0.4) is 0 Å². The van der Waals surface area contributed by atoms with E-state index >= 15 is 0 Å². The molecule has 0 saturated heterocycles. The first-order valence-corrected chi connectivity index (χ1v) is 7.99. The van der Waals surface area contributed by atoms with Crippen molar-refractivity contribution >= 4 is 31.9 Å². The van der Waals surface area contributed by atoms with Crippen LogP contribution in [-0.4, -0.2) is 10.7 Å². The van der Waals surface area contributed by atoms with Gasteiger partial charge in [0.2, 0.25) is 0 Å². The van der Waals surface area contributed by atoms with Crippen LogP contribution in [-0.2, 0) is 0 Å². The van der Waals surface area contributed by atoms with Crippen molar-refractivity contribution in [3.8, 4) is 12.1 Å². The third-order valence-corrected chi connectivity index (χ3v) is 4.37. The van der Waals surface area contributed by atoms with Gasteiger partial charge in [0.15, 0.2) is 0 Å². The molecule has 0 fully saturated rings. The molecular formula is C13H15Br2N3. The van der Waals surface area contributed by atoms with E-state index in [-0.39, 0.29) is 0 Å². The summed E-state index contributed by atoms with van der Waals surface area (Å²) < 4.78 is 0. The lowest BCUT2D eigenvalue weighted by atomic mass is 9.70. The lowest BCUT2D eigenvalue weighted by molar-refractivity contribution is 0.434. The molecule has 0 spiro atoms. The van der Waals surface area contributed by atoms with E-state index in [4.69, 9.17) is 0 Å². The third kappa shape index (κ3) is 2.48. The lowest BCUT2D eigenvalue weighted by Crippen LogP contribution is -2.35. The van der Waals surface area contributed by atoms with Crippen molar-refractivity contribution in [1.29, 1.82) is 10.5 Å². The molecule has 0 unspecified atom stereocenters. The van der Waals surface area contributed by atoms with Gasteiger partial charge >= 0.3 is 0 Å². The molecule has 0 aliphatic carbocycles. The number of nitrogens with one attached hydrogen (secondary N) is 1. The van der Waals surface area contributed by atoms with Crippen LogP contribution >= 0.6 is 31.9 Å². The maximum atomic E-state index is 9.41. The third-order valence-electron chi connectivity index (χ3n) is 3.25. The second-order valence-electron chi connectivity index (χ2n) is 4.41. The van der Waals surface area contributed by atoms with E-state index in [2.05, 4.69) is 56.2 Å². The molecule has 0 aromatic carbocycles. The predicted molar refractivity (Wildman–Crippen MR) is 79.0 cm³/mol. The minimum absolute atomic E-state index is 0.476. The van der Waals surface area contributed by atoms with Crippen LogP contribution in [0.5, 0.6) is 0 Å². The van der Waals surface area contributed by atoms with E-state index in [9.17, 15) is 10.5 Å². The highest BCUT2D eigenvalue weighted by Gasteiger charge is 2.40. The number of alkyl halides is 2. The Balaban J connectivity index is 3.46. The van der Waals surface area contributed by atoms with E-state index in [0.717, 1.165) is 24.2 Å². The van der Waals surface area contributed by atoms with Gasteiger partial charge in [-0.25, -0.2) is 0 Å². The second kappa shape index (κ2) is 6.41. The number of nitriles is 2. The molecule has 0 aromatic rings. The smallest absolute Gasteiger partial charge is 0.0975 e. The summed E-state index contributed by atoms with van der Waals surface area (Å²) in [6, 6.07) is 4.55. The quantitative estimate of drug-likeness (QED) is 0.764. The van der Waals surface area contributed by atoms with Crippen molar-refractivity contribution < 1.29 is 0 Å². The Morgan fingerprint density at radius 2 is 1.56 bits per heavy atom. The topological polar surface area (TPSA) is 59.6 Å². The zero-order valence-electron chi connectivity index (χ0n) is 10.5. The Morgan fingerprint density at radius 1 is 1.11 bits per heavy atom. The second-order valence-corrected chi connectivity index (χ2v) is 5.53. The van der Waals surface area contributed by atoms with Gasteiger partial charge in [-0.15, -0.1) is 0 Å². The summed E-state index contributed by atoms with van der Waals surface area (Å²) in [6.07, 6.45) is 1.73. The van der Waals surface area contributed by atoms with Crippen LogP contribution in [0.25, 0.3) is 0 Å². The molecular weight excluding hydrogens is 358 g/mol. The van der Waals surface area contributed by atoms with Gasteiger partial charge in [0.05, 0.1) is 23.3 Å². The van der Waals surface area contributed by atoms with Gasteiger partial charge < -0.3 is 5.32 Å². The largest absolute Gasteiger partial charge is 0.359 e. The zero-order chi connectivity index (χ0) is 13.8. The molecule has 1 aliphatic heterocycles. The van der Waals surface area contributed by atoms with Crippen molar-refractivity contribution in [2.75, 3.05) is 10.7 Å². The molecule has 1 N–H and O–H groups in total. The number of nitrogens with zero attached hydrogens (tertiary/aromatic N) is 2. The standard InChI is InChI=1S/C13H15Br2N3/c1-3-4-13(2)9(7-16)11(5-14)18-12(6-15)10(13)8-17/h18H,3-6H2,1-2H3. The van der Waals surface area contributed by atoms with E-state index in [1.807, 2.05) is 6.92 Å². The van der Waals surface area contributed by atoms with Gasteiger partial charge in [0, 0.05) is 27.5 Å². The molecule has 0 bridgehead atoms. The van der Waals surface area contributed by atoms with Crippen LogP contribution < -0.4 is 5.32 Å². The van der Waals surface area contributed by atoms with E-state index in [1.54, 1.807) is 0 Å². The van der Waals surface area contributed by atoms with Crippen LogP contribution in [0.2, 0.25) is 0 Å². The highest BCUT2D eigenvalue weighted by molar-refractivity contribution is 9.09. The zero-order valence-corrected chi connectivity index (χ0v) is 13.7. The molecule has 1 rings (SSSR count). The van der Waals surface area contributed by atoms with Gasteiger partial charge in [-0.1, -0.05) is 45.2 Å². The first kappa shape index (κ1) is 15.3. The first-order valence-electron chi connectivity index (χ1n) is 5.75. The number of dihydropyridines is 1. The molecule has 96 valence electrons. The molecule has 0 radical (unpaired) electrons. The van der Waals surface area contributed by atoms with Crippen molar-refractivity contribution in [3.05, 3.63) is 22.5 Å². The fraction of sp³-hybridized carbons (Fsp3) is 0.538. The first-order chi connectivity index (χ1) is 8.58. The summed E-state index contributed by atoms with van der Waals surface area (Å²) in [5.74, 6) is 0. The molecule has 5 heteroatoms. The summed E-state index contributed by atoms with van der Waals surface area (Å²) in [4.78, 5) is 0. The predicted octanol–water partition coefficient (Wildman–Crippen LogP) is 3.74. The highest BCUT2D eigenvalue weighted by Crippen LogP contribution is 2.44. The number of hydrogen-bond acceptors (Lipinski definition) is 3. The monoisotopic (exact) mass is 371 g/mol. The molecule has 0 saturated carbocycles. The van der Waals surface area contributed by atoms with E-state index < -0.39 is 5.41 Å². The van der Waals surface area contributed by atoms with E-state index in [0.29, 0.717) is 21.8 Å². The van der Waals surface area contributed by atoms with Crippen molar-refractivity contribution in [2.24, 2.45) is 5.41 Å². The average Bonchev–Trinajstić information content (AvgIpc) is 2.37. The normalized spacial score (nSPS) is 18.1. The van der Waals surface area contributed by atoms with Gasteiger partial charge in [-0.05, 0) is 13.3 Å². The molecule has 0 amide bonds. The van der Waals surface area contributed by atoms with Crippen molar-refractivity contribution in [2.45, 2.75) is 26.7 Å². The summed E-state index contributed by atoms with van der Waals surface area (Å²) in [6.45, 7) is 4.05. The number of hydrogen-bond donors (Lipinski definition) is 1. The van der Waals surface area contributed by atoms with E-state index in [1.165, 1.54) is 0 Å². The molecule has 18 heavy (non-hydrogen) atoms. The Kier molecular flexibility index (Phi) is 5.44. The maximum absolute atomic E-state index is 9.41. The maximum Gasteiger partial charge on any atom is 0.0975 e. The number of halogens is 2. The molecule has 3 nitrogen and oxygen atoms in total. The van der Waals surface area contributed by atoms with Crippen LogP contribution in [0.4, 0.5) is 0 Å². The minimum atomic E-state index is -0.476. The molecule has 0 atom stereocenters. The SMILES string of the molecule is CCCC1(C)C(C#N)=C(CBr)NC(CBr)=C1C#N. The summed E-state index contributed by atoms with van der Waals surface area (Å²) >= 11 is 6.80. The van der Waals surface area contributed by atoms with Crippen molar-refractivity contribution in [3.63, 3.8) is 0 Å². The Labute approximate surface area is 125 Å². The Hall–Kier alpha value is -0.780. The van der Waals surface area contributed by atoms with Gasteiger partial charge in [-0.2, -0.15) is 10.5 Å². The summed E-state index contributed by atoms with van der Waals surface area (Å²) in [5.41, 5.74) is 2.59. The Bertz CT molecular complexity index is 439. The molecule has 1 aliphatic rings. The Morgan fingerprint density at radius 3 is 1.83 bits per heavy atom.